The molecule has 2 aromatic rings. The second kappa shape index (κ2) is 7.77. The van der Waals surface area contributed by atoms with E-state index in [1.165, 1.54) is 0 Å². The Morgan fingerprint density at radius 2 is 2.03 bits per heavy atom. The molecule has 5 rings (SSSR count). The summed E-state index contributed by atoms with van der Waals surface area (Å²) in [6, 6.07) is 11.3. The number of methoxy groups -OCH3 is 1. The molecular formula is C23H24N4O4. The largest absolute Gasteiger partial charge is 0.481 e. The molecule has 0 radical (unpaired) electrons. The van der Waals surface area contributed by atoms with Gasteiger partial charge in [-0.25, -0.2) is 4.98 Å². The lowest BCUT2D eigenvalue weighted by Gasteiger charge is -2.29. The first kappa shape index (κ1) is 19.7. The van der Waals surface area contributed by atoms with Crippen molar-refractivity contribution in [2.75, 3.05) is 13.7 Å². The number of benzene rings is 1. The zero-order valence-electron chi connectivity index (χ0n) is 17.3. The average Bonchev–Trinajstić information content (AvgIpc) is 3.39. The number of fused-ring (bicyclic) bond motifs is 1. The van der Waals surface area contributed by atoms with E-state index in [-0.39, 0.29) is 36.1 Å². The molecule has 0 spiro atoms. The molecule has 160 valence electrons. The number of carbonyl (C=O) groups excluding carboxylic acids is 3. The first-order chi connectivity index (χ1) is 15.0. The van der Waals surface area contributed by atoms with Crippen LogP contribution in [0.5, 0.6) is 5.88 Å². The van der Waals surface area contributed by atoms with Crippen molar-refractivity contribution < 1.29 is 19.1 Å². The van der Waals surface area contributed by atoms with Crippen LogP contribution in [-0.2, 0) is 16.1 Å². The highest BCUT2D eigenvalue weighted by atomic mass is 16.5. The molecule has 31 heavy (non-hydrogen) atoms. The van der Waals surface area contributed by atoms with Crippen LogP contribution in [0.4, 0.5) is 0 Å². The van der Waals surface area contributed by atoms with Crippen molar-refractivity contribution in [3.8, 4) is 5.88 Å². The topological polar surface area (TPSA) is 101 Å². The Labute approximate surface area is 180 Å². The molecule has 1 aromatic heterocycles. The van der Waals surface area contributed by atoms with Gasteiger partial charge in [-0.15, -0.1) is 0 Å². The van der Waals surface area contributed by atoms with Gasteiger partial charge in [-0.2, -0.15) is 0 Å². The number of nitrogens with one attached hydrogen (secondary N) is 2. The lowest BCUT2D eigenvalue weighted by atomic mass is 9.95. The van der Waals surface area contributed by atoms with E-state index in [1.807, 2.05) is 30.3 Å². The third kappa shape index (κ3) is 3.57. The molecule has 3 aliphatic heterocycles. The van der Waals surface area contributed by atoms with E-state index >= 15 is 0 Å². The van der Waals surface area contributed by atoms with Crippen molar-refractivity contribution in [3.05, 3.63) is 58.8 Å². The Morgan fingerprint density at radius 3 is 2.84 bits per heavy atom. The Hall–Kier alpha value is -3.26. The fraction of sp³-hybridized carbons (Fsp3) is 0.391. The third-order valence-corrected chi connectivity index (χ3v) is 6.45. The summed E-state index contributed by atoms with van der Waals surface area (Å²) < 4.78 is 5.24. The van der Waals surface area contributed by atoms with E-state index in [2.05, 4.69) is 21.7 Å². The monoisotopic (exact) mass is 420 g/mol. The number of rotatable bonds is 4. The van der Waals surface area contributed by atoms with Crippen LogP contribution in [0.15, 0.2) is 36.4 Å². The van der Waals surface area contributed by atoms with Gasteiger partial charge >= 0.3 is 0 Å². The first-order valence-corrected chi connectivity index (χ1v) is 10.6. The first-order valence-electron chi connectivity index (χ1n) is 10.6. The van der Waals surface area contributed by atoms with E-state index in [0.29, 0.717) is 24.4 Å². The van der Waals surface area contributed by atoms with Crippen LogP contribution >= 0.6 is 0 Å². The van der Waals surface area contributed by atoms with Crippen LogP contribution in [0.25, 0.3) is 0 Å². The van der Waals surface area contributed by atoms with Crippen molar-refractivity contribution in [2.24, 2.45) is 0 Å². The molecule has 3 amide bonds. The second-order valence-corrected chi connectivity index (χ2v) is 8.31. The molecule has 3 atom stereocenters. The number of ether oxygens (including phenoxy) is 1. The van der Waals surface area contributed by atoms with E-state index in [1.54, 1.807) is 12.0 Å². The van der Waals surface area contributed by atoms with E-state index in [9.17, 15) is 14.4 Å². The predicted octanol–water partition coefficient (Wildman–Crippen LogP) is 1.67. The number of aromatic nitrogens is 1. The molecule has 0 aliphatic carbocycles. The van der Waals surface area contributed by atoms with Crippen molar-refractivity contribution in [1.29, 1.82) is 0 Å². The zero-order chi connectivity index (χ0) is 21.5. The lowest BCUT2D eigenvalue weighted by Crippen LogP contribution is -2.52. The molecule has 0 bridgehead atoms. The maximum atomic E-state index is 12.9. The number of pyridine rings is 1. The standard InChI is InChI=1S/C23H24N4O4/c1-31-21-4-2-3-17(25-21)14-10-18(24-11-14)13-5-6-16-15(9-13)12-27(23(16)30)19-7-8-20(28)26-22(19)29/h2-6,9,14,18-19,24H,7-8,10-12H2,1H3,(H,26,28,29). The second-order valence-electron chi connectivity index (χ2n) is 8.31. The molecule has 3 unspecified atom stereocenters. The summed E-state index contributed by atoms with van der Waals surface area (Å²) in [5.74, 6) is 0.0955. The van der Waals surface area contributed by atoms with Crippen LogP contribution in [0.1, 0.15) is 58.4 Å². The smallest absolute Gasteiger partial charge is 0.255 e. The fourth-order valence-electron chi connectivity index (χ4n) is 4.80. The normalized spacial score (nSPS) is 25.5. The summed E-state index contributed by atoms with van der Waals surface area (Å²) in [6.45, 7) is 1.21. The quantitative estimate of drug-likeness (QED) is 0.730. The van der Waals surface area contributed by atoms with Crippen molar-refractivity contribution in [2.45, 2.75) is 43.8 Å². The lowest BCUT2D eigenvalue weighted by molar-refractivity contribution is -0.136. The van der Waals surface area contributed by atoms with Gasteiger partial charge in [0.25, 0.3) is 5.91 Å². The average molecular weight is 420 g/mol. The summed E-state index contributed by atoms with van der Waals surface area (Å²) in [4.78, 5) is 42.7. The number of hydrogen-bond acceptors (Lipinski definition) is 6. The number of carbonyl (C=O) groups is 3. The number of hydrogen-bond donors (Lipinski definition) is 2. The molecule has 2 N–H and O–H groups in total. The van der Waals surface area contributed by atoms with Gasteiger partial charge in [0.2, 0.25) is 17.7 Å². The summed E-state index contributed by atoms with van der Waals surface area (Å²) in [6.07, 6.45) is 1.54. The van der Waals surface area contributed by atoms with Crippen molar-refractivity contribution in [3.63, 3.8) is 0 Å². The van der Waals surface area contributed by atoms with Gasteiger partial charge in [-0.05, 0) is 36.1 Å². The van der Waals surface area contributed by atoms with Crippen LogP contribution < -0.4 is 15.4 Å². The highest BCUT2D eigenvalue weighted by Gasteiger charge is 2.39. The molecule has 2 saturated heterocycles. The minimum absolute atomic E-state index is 0.145. The van der Waals surface area contributed by atoms with Gasteiger partial charge in [0, 0.05) is 48.8 Å². The zero-order valence-corrected chi connectivity index (χ0v) is 17.3. The Kier molecular flexibility index (Phi) is 4.94. The predicted molar refractivity (Wildman–Crippen MR) is 111 cm³/mol. The number of piperidine rings is 1. The maximum absolute atomic E-state index is 12.9. The van der Waals surface area contributed by atoms with Gasteiger partial charge in [0.15, 0.2) is 0 Å². The Bertz CT molecular complexity index is 1070. The molecule has 2 fully saturated rings. The summed E-state index contributed by atoms with van der Waals surface area (Å²) in [5.41, 5.74) is 3.70. The number of nitrogens with zero attached hydrogens (tertiary/aromatic N) is 2. The van der Waals surface area contributed by atoms with E-state index in [4.69, 9.17) is 4.74 Å². The Morgan fingerprint density at radius 1 is 1.16 bits per heavy atom. The van der Waals surface area contributed by atoms with E-state index < -0.39 is 6.04 Å². The van der Waals surface area contributed by atoms with E-state index in [0.717, 1.165) is 29.8 Å². The van der Waals surface area contributed by atoms with Gasteiger partial charge in [0.05, 0.1) is 7.11 Å². The highest BCUT2D eigenvalue weighted by Crippen LogP contribution is 2.36. The van der Waals surface area contributed by atoms with Crippen molar-refractivity contribution >= 4 is 17.7 Å². The van der Waals surface area contributed by atoms with Gasteiger partial charge in [-0.3, -0.25) is 19.7 Å². The van der Waals surface area contributed by atoms with Crippen LogP contribution in [0.3, 0.4) is 0 Å². The molecule has 3 aliphatic rings. The fourth-order valence-corrected chi connectivity index (χ4v) is 4.80. The number of amides is 3. The Balaban J connectivity index is 1.31. The maximum Gasteiger partial charge on any atom is 0.255 e. The highest BCUT2D eigenvalue weighted by molar-refractivity contribution is 6.05. The van der Waals surface area contributed by atoms with Crippen LogP contribution in [0, 0.1) is 0 Å². The SMILES string of the molecule is COc1cccc(C2CNC(c3ccc4c(c3)CN(C3CCC(=O)NC3=O)C4=O)C2)n1. The molecule has 8 nitrogen and oxygen atoms in total. The van der Waals surface area contributed by atoms with Crippen molar-refractivity contribution in [1.82, 2.24) is 20.5 Å². The molecule has 1 aromatic carbocycles. The van der Waals surface area contributed by atoms with Gasteiger partial charge in [0.1, 0.15) is 6.04 Å². The molecule has 0 saturated carbocycles. The summed E-state index contributed by atoms with van der Waals surface area (Å²) >= 11 is 0. The minimum Gasteiger partial charge on any atom is -0.481 e. The van der Waals surface area contributed by atoms with Crippen LogP contribution in [-0.4, -0.2) is 47.3 Å². The number of imide groups is 1. The molecular weight excluding hydrogens is 396 g/mol. The van der Waals surface area contributed by atoms with Crippen LogP contribution in [0.2, 0.25) is 0 Å². The minimum atomic E-state index is -0.589. The summed E-state index contributed by atoms with van der Waals surface area (Å²) in [7, 11) is 1.62. The molecule has 8 heteroatoms. The third-order valence-electron chi connectivity index (χ3n) is 6.45. The van der Waals surface area contributed by atoms with Gasteiger partial charge in [-0.1, -0.05) is 18.2 Å². The van der Waals surface area contributed by atoms with Gasteiger partial charge < -0.3 is 15.0 Å². The molecule has 4 heterocycles. The summed E-state index contributed by atoms with van der Waals surface area (Å²) in [5, 5.41) is 5.91.